The van der Waals surface area contributed by atoms with Crippen LogP contribution in [0.3, 0.4) is 0 Å². The monoisotopic (exact) mass is 400 g/mol. The van der Waals surface area contributed by atoms with E-state index in [4.69, 9.17) is 18.9 Å². The Bertz CT molecular complexity index is 884. The molecule has 0 aromatic heterocycles. The molecule has 2 N–H and O–H groups in total. The van der Waals surface area contributed by atoms with Crippen LogP contribution in [-0.2, 0) is 0 Å². The minimum absolute atomic E-state index is 0.0474. The predicted molar refractivity (Wildman–Crippen MR) is 111 cm³/mol. The fourth-order valence-corrected chi connectivity index (χ4v) is 3.89. The molecule has 3 rings (SSSR count). The zero-order valence-electron chi connectivity index (χ0n) is 17.4. The van der Waals surface area contributed by atoms with Crippen molar-refractivity contribution in [3.05, 3.63) is 47.5 Å². The van der Waals surface area contributed by atoms with Crippen molar-refractivity contribution in [2.45, 2.75) is 25.4 Å². The number of ether oxygens (including phenoxy) is 4. The van der Waals surface area contributed by atoms with Crippen molar-refractivity contribution >= 4 is 5.71 Å². The lowest BCUT2D eigenvalue weighted by atomic mass is 9.81. The number of oxime groups is 1. The normalized spacial score (nSPS) is 22.9. The van der Waals surface area contributed by atoms with Gasteiger partial charge in [0, 0.05) is 35.5 Å². The first-order chi connectivity index (χ1) is 14.1. The van der Waals surface area contributed by atoms with Crippen molar-refractivity contribution in [2.24, 2.45) is 11.1 Å². The van der Waals surface area contributed by atoms with E-state index in [1.807, 2.05) is 43.3 Å². The van der Waals surface area contributed by atoms with E-state index in [2.05, 4.69) is 10.5 Å². The molecule has 3 atom stereocenters. The zero-order chi connectivity index (χ0) is 21.0. The van der Waals surface area contributed by atoms with Gasteiger partial charge in [-0.05, 0) is 36.4 Å². The van der Waals surface area contributed by atoms with Crippen LogP contribution in [-0.4, -0.2) is 39.4 Å². The maximum Gasteiger partial charge on any atom is 0.123 e. The van der Waals surface area contributed by atoms with Crippen molar-refractivity contribution in [2.75, 3.05) is 28.4 Å². The summed E-state index contributed by atoms with van der Waals surface area (Å²) in [6, 6.07) is 11.1. The fourth-order valence-electron chi connectivity index (χ4n) is 3.89. The smallest absolute Gasteiger partial charge is 0.123 e. The number of hydrogen-bond acceptors (Lipinski definition) is 7. The summed E-state index contributed by atoms with van der Waals surface area (Å²) in [5.74, 6) is 2.91. The zero-order valence-corrected chi connectivity index (χ0v) is 17.4. The molecule has 1 fully saturated rings. The third-order valence-electron chi connectivity index (χ3n) is 5.53. The van der Waals surface area contributed by atoms with E-state index in [-0.39, 0.29) is 18.0 Å². The van der Waals surface area contributed by atoms with E-state index in [0.29, 0.717) is 12.1 Å². The summed E-state index contributed by atoms with van der Waals surface area (Å²) < 4.78 is 22.0. The third kappa shape index (κ3) is 4.10. The van der Waals surface area contributed by atoms with Crippen molar-refractivity contribution in [3.63, 3.8) is 0 Å². The highest BCUT2D eigenvalue weighted by atomic mass is 16.5. The van der Waals surface area contributed by atoms with Gasteiger partial charge >= 0.3 is 0 Å². The number of nitrogens with zero attached hydrogens (tertiary/aromatic N) is 1. The van der Waals surface area contributed by atoms with Gasteiger partial charge in [0.25, 0.3) is 0 Å². The van der Waals surface area contributed by atoms with Gasteiger partial charge in [0.1, 0.15) is 23.0 Å². The number of rotatable bonds is 6. The Morgan fingerprint density at radius 3 is 1.93 bits per heavy atom. The van der Waals surface area contributed by atoms with Crippen molar-refractivity contribution < 1.29 is 24.2 Å². The average Bonchev–Trinajstić information content (AvgIpc) is 2.78. The van der Waals surface area contributed by atoms with E-state index >= 15 is 0 Å². The Morgan fingerprint density at radius 1 is 0.862 bits per heavy atom. The van der Waals surface area contributed by atoms with Gasteiger partial charge in [-0.15, -0.1) is 0 Å². The molecule has 0 bridgehead atoms. The van der Waals surface area contributed by atoms with Crippen LogP contribution in [0.15, 0.2) is 41.6 Å². The first-order valence-corrected chi connectivity index (χ1v) is 9.47. The topological polar surface area (TPSA) is 81.5 Å². The first kappa shape index (κ1) is 20.8. The molecule has 1 heterocycles. The first-order valence-electron chi connectivity index (χ1n) is 9.47. The van der Waals surface area contributed by atoms with E-state index in [9.17, 15) is 5.21 Å². The van der Waals surface area contributed by atoms with Gasteiger partial charge < -0.3 is 29.5 Å². The Hall–Kier alpha value is -2.93. The molecule has 156 valence electrons. The van der Waals surface area contributed by atoms with Crippen LogP contribution in [0.2, 0.25) is 0 Å². The Balaban J connectivity index is 2.07. The van der Waals surface area contributed by atoms with Gasteiger partial charge in [-0.25, -0.2) is 0 Å². The average molecular weight is 400 g/mol. The SMILES string of the molecule is COc1ccc(OC)c(C2C/C(=N\O)C(C)C(c3cc(OC)ccc3OC)N2)c1. The second-order valence-corrected chi connectivity index (χ2v) is 7.00. The number of nitrogens with one attached hydrogen (secondary N) is 1. The van der Waals surface area contributed by atoms with Crippen LogP contribution in [0.25, 0.3) is 0 Å². The van der Waals surface area contributed by atoms with Crippen molar-refractivity contribution in [1.29, 1.82) is 0 Å². The second kappa shape index (κ2) is 9.05. The van der Waals surface area contributed by atoms with Crippen LogP contribution in [0.4, 0.5) is 0 Å². The summed E-state index contributed by atoms with van der Waals surface area (Å²) in [4.78, 5) is 0. The summed E-state index contributed by atoms with van der Waals surface area (Å²) in [6.45, 7) is 2.03. The lowest BCUT2D eigenvalue weighted by Gasteiger charge is -2.38. The molecule has 29 heavy (non-hydrogen) atoms. The van der Waals surface area contributed by atoms with Gasteiger partial charge in [-0.2, -0.15) is 0 Å². The maximum atomic E-state index is 9.69. The largest absolute Gasteiger partial charge is 0.497 e. The third-order valence-corrected chi connectivity index (χ3v) is 5.53. The van der Waals surface area contributed by atoms with Gasteiger partial charge in [-0.1, -0.05) is 12.1 Å². The van der Waals surface area contributed by atoms with E-state index < -0.39 is 0 Å². The Morgan fingerprint density at radius 2 is 1.41 bits per heavy atom. The fraction of sp³-hybridized carbons (Fsp3) is 0.409. The molecule has 0 amide bonds. The molecule has 1 aliphatic rings. The molecule has 1 aliphatic heterocycles. The molecule has 7 nitrogen and oxygen atoms in total. The predicted octanol–water partition coefficient (Wildman–Crippen LogP) is 3.96. The molecule has 3 unspecified atom stereocenters. The molecule has 0 saturated carbocycles. The molecule has 2 aromatic rings. The minimum Gasteiger partial charge on any atom is -0.497 e. The van der Waals surface area contributed by atoms with Crippen LogP contribution < -0.4 is 24.3 Å². The van der Waals surface area contributed by atoms with Crippen molar-refractivity contribution in [1.82, 2.24) is 5.32 Å². The quantitative estimate of drug-likeness (QED) is 0.564. The Kier molecular flexibility index (Phi) is 6.49. The number of piperidine rings is 1. The number of hydrogen-bond donors (Lipinski definition) is 2. The highest BCUT2D eigenvalue weighted by Gasteiger charge is 2.36. The highest BCUT2D eigenvalue weighted by molar-refractivity contribution is 5.88. The van der Waals surface area contributed by atoms with Gasteiger partial charge in [0.2, 0.25) is 0 Å². The van der Waals surface area contributed by atoms with E-state index in [1.54, 1.807) is 28.4 Å². The maximum absolute atomic E-state index is 9.69. The standard InChI is InChI=1S/C22H28N2O5/c1-13-18(24-25)12-19(16-10-14(26-2)6-8-20(16)28-4)23-22(13)17-11-15(27-3)7-9-21(17)29-5/h6-11,13,19,22-23,25H,12H2,1-5H3/b24-18+. The van der Waals surface area contributed by atoms with Crippen LogP contribution in [0.5, 0.6) is 23.0 Å². The highest BCUT2D eigenvalue weighted by Crippen LogP contribution is 2.42. The van der Waals surface area contributed by atoms with Crippen LogP contribution >= 0.6 is 0 Å². The minimum atomic E-state index is -0.152. The van der Waals surface area contributed by atoms with E-state index in [0.717, 1.165) is 34.1 Å². The summed E-state index contributed by atoms with van der Waals surface area (Å²) in [6.07, 6.45) is 0.546. The molecule has 0 radical (unpaired) electrons. The van der Waals surface area contributed by atoms with Gasteiger partial charge in [0.15, 0.2) is 0 Å². The number of benzene rings is 2. The lowest BCUT2D eigenvalue weighted by molar-refractivity contribution is 0.288. The second-order valence-electron chi connectivity index (χ2n) is 7.00. The summed E-state index contributed by atoms with van der Waals surface area (Å²) in [7, 11) is 6.54. The molecule has 0 aliphatic carbocycles. The molecular weight excluding hydrogens is 372 g/mol. The Labute approximate surface area is 171 Å². The summed E-state index contributed by atoms with van der Waals surface area (Å²) >= 11 is 0. The summed E-state index contributed by atoms with van der Waals surface area (Å²) in [5.41, 5.74) is 2.58. The molecule has 0 spiro atoms. The van der Waals surface area contributed by atoms with Gasteiger partial charge in [0.05, 0.1) is 34.2 Å². The molecule has 7 heteroatoms. The lowest BCUT2D eigenvalue weighted by Crippen LogP contribution is -2.41. The van der Waals surface area contributed by atoms with E-state index in [1.165, 1.54) is 0 Å². The molecule has 2 aromatic carbocycles. The van der Waals surface area contributed by atoms with Gasteiger partial charge in [-0.3, -0.25) is 0 Å². The summed E-state index contributed by atoms with van der Waals surface area (Å²) in [5, 5.41) is 17.0. The van der Waals surface area contributed by atoms with Crippen LogP contribution in [0, 0.1) is 5.92 Å². The number of methoxy groups -OCH3 is 4. The van der Waals surface area contributed by atoms with Crippen molar-refractivity contribution in [3.8, 4) is 23.0 Å². The molecular formula is C22H28N2O5. The van der Waals surface area contributed by atoms with Crippen LogP contribution in [0.1, 0.15) is 36.6 Å². The molecule has 1 saturated heterocycles.